The second kappa shape index (κ2) is 4.38. The van der Waals surface area contributed by atoms with Crippen molar-refractivity contribution in [1.29, 1.82) is 0 Å². The average Bonchev–Trinajstić information content (AvgIpc) is 2.88. The van der Waals surface area contributed by atoms with Gasteiger partial charge in [0.05, 0.1) is 0 Å². The zero-order valence-electron chi connectivity index (χ0n) is 9.14. The van der Waals surface area contributed by atoms with Gasteiger partial charge in [-0.1, -0.05) is 10.2 Å². The topological polar surface area (TPSA) is 97.3 Å². The lowest BCUT2D eigenvalue weighted by molar-refractivity contribution is -0.130. The molecule has 0 aromatic carbocycles. The monoisotopic (exact) mass is 225 g/mol. The number of nitrogens with one attached hydrogen (secondary N) is 1. The second-order valence-electron chi connectivity index (χ2n) is 3.84. The number of hydrogen-bond donors (Lipinski definition) is 2. The van der Waals surface area contributed by atoms with Gasteiger partial charge in [-0.15, -0.1) is 0 Å². The van der Waals surface area contributed by atoms with Gasteiger partial charge in [-0.25, -0.2) is 0 Å². The predicted molar refractivity (Wildman–Crippen MR) is 57.6 cm³/mol. The molecular weight excluding hydrogens is 210 g/mol. The Labute approximate surface area is 93.0 Å². The van der Waals surface area contributed by atoms with Crippen LogP contribution in [0.5, 0.6) is 0 Å². The van der Waals surface area contributed by atoms with E-state index in [0.29, 0.717) is 0 Å². The van der Waals surface area contributed by atoms with Crippen LogP contribution in [0.3, 0.4) is 0 Å². The Kier molecular flexibility index (Phi) is 2.93. The number of nitrogen functional groups attached to an aromatic ring is 1. The average molecular weight is 225 g/mol. The Morgan fingerprint density at radius 2 is 2.19 bits per heavy atom. The van der Waals surface area contributed by atoms with Gasteiger partial charge in [-0.3, -0.25) is 4.79 Å². The van der Waals surface area contributed by atoms with E-state index in [4.69, 9.17) is 10.2 Å². The molecule has 3 N–H and O–H groups in total. The first-order chi connectivity index (χ1) is 7.66. The number of carbonyl (C=O) groups excluding carboxylic acids is 1. The number of hydrogen-bond acceptors (Lipinski definition) is 6. The summed E-state index contributed by atoms with van der Waals surface area (Å²) in [5.41, 5.74) is 5.28. The Hall–Kier alpha value is -1.79. The molecule has 88 valence electrons. The van der Waals surface area contributed by atoms with Gasteiger partial charge >= 0.3 is 12.0 Å². The van der Waals surface area contributed by atoms with E-state index in [0.717, 1.165) is 25.9 Å². The van der Waals surface area contributed by atoms with Crippen molar-refractivity contribution >= 4 is 17.9 Å². The molecule has 0 spiro atoms. The maximum absolute atomic E-state index is 11.9. The summed E-state index contributed by atoms with van der Waals surface area (Å²) in [7, 11) is 0. The van der Waals surface area contributed by atoms with Gasteiger partial charge in [0.25, 0.3) is 0 Å². The number of rotatable bonds is 3. The highest BCUT2D eigenvalue weighted by atomic mass is 16.4. The number of aromatic nitrogens is 2. The summed E-state index contributed by atoms with van der Waals surface area (Å²) < 4.78 is 4.94. The van der Waals surface area contributed by atoms with Crippen LogP contribution in [-0.4, -0.2) is 40.1 Å². The molecule has 0 radical (unpaired) electrons. The van der Waals surface area contributed by atoms with Crippen LogP contribution in [-0.2, 0) is 4.79 Å². The van der Waals surface area contributed by atoms with Gasteiger partial charge in [-0.05, 0) is 19.8 Å². The molecule has 1 saturated heterocycles. The zero-order chi connectivity index (χ0) is 11.5. The molecule has 1 aliphatic heterocycles. The Morgan fingerprint density at radius 3 is 2.75 bits per heavy atom. The van der Waals surface area contributed by atoms with Crippen molar-refractivity contribution in [1.82, 2.24) is 15.1 Å². The van der Waals surface area contributed by atoms with Crippen molar-refractivity contribution in [2.75, 3.05) is 24.1 Å². The van der Waals surface area contributed by atoms with E-state index in [1.165, 1.54) is 0 Å². The largest absolute Gasteiger partial charge is 0.390 e. The van der Waals surface area contributed by atoms with Crippen LogP contribution in [0.15, 0.2) is 4.42 Å². The molecule has 0 aliphatic carbocycles. The summed E-state index contributed by atoms with van der Waals surface area (Å²) in [5, 5.41) is 9.97. The van der Waals surface area contributed by atoms with Gasteiger partial charge in [0.1, 0.15) is 6.04 Å². The van der Waals surface area contributed by atoms with E-state index >= 15 is 0 Å². The van der Waals surface area contributed by atoms with E-state index in [-0.39, 0.29) is 24.0 Å². The van der Waals surface area contributed by atoms with E-state index in [2.05, 4.69) is 15.5 Å². The van der Waals surface area contributed by atoms with Crippen LogP contribution >= 0.6 is 0 Å². The first-order valence-corrected chi connectivity index (χ1v) is 5.31. The van der Waals surface area contributed by atoms with Gasteiger partial charge in [0.2, 0.25) is 5.91 Å². The molecule has 2 heterocycles. The minimum absolute atomic E-state index is 0.0108. The molecule has 1 amide bonds. The summed E-state index contributed by atoms with van der Waals surface area (Å²) in [4.78, 5) is 13.7. The third-order valence-corrected chi connectivity index (χ3v) is 2.57. The van der Waals surface area contributed by atoms with Crippen LogP contribution in [0.25, 0.3) is 0 Å². The van der Waals surface area contributed by atoms with Crippen LogP contribution in [0, 0.1) is 0 Å². The summed E-state index contributed by atoms with van der Waals surface area (Å²) in [6.45, 7) is 3.43. The van der Waals surface area contributed by atoms with Crippen molar-refractivity contribution in [3.8, 4) is 0 Å². The number of nitrogens with two attached hydrogens (primary N) is 1. The second-order valence-corrected chi connectivity index (χ2v) is 3.84. The third kappa shape index (κ3) is 2.23. The minimum Gasteiger partial charge on any atom is -0.390 e. The molecule has 0 saturated carbocycles. The van der Waals surface area contributed by atoms with E-state index in [9.17, 15) is 4.79 Å². The molecule has 1 aromatic heterocycles. The van der Waals surface area contributed by atoms with Crippen LogP contribution in [0.1, 0.15) is 19.8 Å². The molecule has 7 nitrogen and oxygen atoms in total. The minimum atomic E-state index is -0.377. The highest BCUT2D eigenvalue weighted by Crippen LogP contribution is 2.12. The van der Waals surface area contributed by atoms with Gasteiger partial charge in [0.15, 0.2) is 0 Å². The van der Waals surface area contributed by atoms with E-state index in [1.807, 2.05) is 4.90 Å². The van der Waals surface area contributed by atoms with Crippen molar-refractivity contribution in [2.45, 2.75) is 25.8 Å². The smallest absolute Gasteiger partial charge is 0.317 e. The van der Waals surface area contributed by atoms with E-state index < -0.39 is 0 Å². The van der Waals surface area contributed by atoms with Gasteiger partial charge < -0.3 is 20.4 Å². The molecule has 1 fully saturated rings. The highest BCUT2D eigenvalue weighted by Gasteiger charge is 2.24. The maximum Gasteiger partial charge on any atom is 0.317 e. The number of likely N-dealkylation sites (tertiary alicyclic amines) is 1. The lowest BCUT2D eigenvalue weighted by atomic mass is 10.3. The Balaban J connectivity index is 1.91. The van der Waals surface area contributed by atoms with Crippen molar-refractivity contribution < 1.29 is 9.21 Å². The lowest BCUT2D eigenvalue weighted by Gasteiger charge is -2.20. The van der Waals surface area contributed by atoms with Gasteiger partial charge in [-0.2, -0.15) is 0 Å². The zero-order valence-corrected chi connectivity index (χ0v) is 9.14. The maximum atomic E-state index is 11.9. The summed E-state index contributed by atoms with van der Waals surface area (Å²) >= 11 is 0. The summed E-state index contributed by atoms with van der Waals surface area (Å²) in [6, 6.07) is -0.209. The lowest BCUT2D eigenvalue weighted by Crippen LogP contribution is -2.39. The normalized spacial score (nSPS) is 17.4. The van der Waals surface area contributed by atoms with Crippen LogP contribution in [0.4, 0.5) is 12.0 Å². The molecule has 1 aromatic rings. The fraction of sp³-hybridized carbons (Fsp3) is 0.667. The van der Waals surface area contributed by atoms with E-state index in [1.54, 1.807) is 6.92 Å². The van der Waals surface area contributed by atoms with Gasteiger partial charge in [0, 0.05) is 13.1 Å². The highest BCUT2D eigenvalue weighted by molar-refractivity contribution is 5.83. The fourth-order valence-electron chi connectivity index (χ4n) is 1.75. The molecule has 16 heavy (non-hydrogen) atoms. The number of amides is 1. The Bertz CT molecular complexity index is 372. The molecule has 1 unspecified atom stereocenters. The third-order valence-electron chi connectivity index (χ3n) is 2.57. The quantitative estimate of drug-likeness (QED) is 0.755. The van der Waals surface area contributed by atoms with Crippen LogP contribution < -0.4 is 11.1 Å². The molecular formula is C9H15N5O2. The number of carbonyl (C=O) groups is 1. The summed E-state index contributed by atoms with van der Waals surface area (Å²) in [6.07, 6.45) is 2.15. The Morgan fingerprint density at radius 1 is 1.50 bits per heavy atom. The van der Waals surface area contributed by atoms with Crippen LogP contribution in [0.2, 0.25) is 0 Å². The number of nitrogens with zero attached hydrogens (tertiary/aromatic N) is 3. The van der Waals surface area contributed by atoms with Crippen molar-refractivity contribution in [3.63, 3.8) is 0 Å². The van der Waals surface area contributed by atoms with Crippen molar-refractivity contribution in [3.05, 3.63) is 0 Å². The predicted octanol–water partition coefficient (Wildman–Crippen LogP) is 0.0746. The molecule has 7 heteroatoms. The first kappa shape index (κ1) is 10.7. The molecule has 2 rings (SSSR count). The molecule has 1 aliphatic rings. The first-order valence-electron chi connectivity index (χ1n) is 5.31. The SMILES string of the molecule is CC(Nc1nnc(N)o1)C(=O)N1CCCC1. The standard InChI is InChI=1S/C9H15N5O2/c1-6(7(15)14-4-2-3-5-14)11-9-13-12-8(10)16-9/h6H,2-5H2,1H3,(H2,10,12)(H,11,13). The summed E-state index contributed by atoms with van der Waals surface area (Å²) in [5.74, 6) is 0.0503. The fourth-order valence-corrected chi connectivity index (χ4v) is 1.75. The number of anilines is 2. The molecule has 0 bridgehead atoms. The van der Waals surface area contributed by atoms with Crippen molar-refractivity contribution in [2.24, 2.45) is 0 Å². The molecule has 1 atom stereocenters.